The van der Waals surface area contributed by atoms with E-state index in [1.807, 2.05) is 48.5 Å². The highest BCUT2D eigenvalue weighted by atomic mass is 35.5. The van der Waals surface area contributed by atoms with Crippen molar-refractivity contribution in [3.63, 3.8) is 0 Å². The molecule has 0 saturated heterocycles. The van der Waals surface area contributed by atoms with Crippen molar-refractivity contribution >= 4 is 24.0 Å². The molecule has 0 heterocycles. The van der Waals surface area contributed by atoms with Gasteiger partial charge in [0.15, 0.2) is 0 Å². The molecule has 4 heteroatoms. The second-order valence-corrected chi connectivity index (χ2v) is 5.75. The van der Waals surface area contributed by atoms with Crippen LogP contribution in [-0.4, -0.2) is 11.4 Å². The summed E-state index contributed by atoms with van der Waals surface area (Å²) in [5, 5.41) is 3.02. The predicted octanol–water partition coefficient (Wildman–Crippen LogP) is 3.96. The Labute approximate surface area is 137 Å². The van der Waals surface area contributed by atoms with E-state index in [4.69, 9.17) is 5.73 Å². The van der Waals surface area contributed by atoms with Crippen molar-refractivity contribution < 1.29 is 4.79 Å². The van der Waals surface area contributed by atoms with Crippen molar-refractivity contribution in [2.75, 3.05) is 5.32 Å². The van der Waals surface area contributed by atoms with Crippen LogP contribution in [0.4, 0.5) is 5.69 Å². The lowest BCUT2D eigenvalue weighted by atomic mass is 10.0. The summed E-state index contributed by atoms with van der Waals surface area (Å²) in [7, 11) is 0. The molecule has 22 heavy (non-hydrogen) atoms. The molecular weight excluding hydrogens is 296 g/mol. The lowest BCUT2D eigenvalue weighted by Gasteiger charge is -2.13. The van der Waals surface area contributed by atoms with Crippen LogP contribution in [0.2, 0.25) is 0 Å². The fraction of sp³-hybridized carbons (Fsp3) is 0.278. The van der Waals surface area contributed by atoms with Gasteiger partial charge in [-0.3, -0.25) is 4.79 Å². The van der Waals surface area contributed by atoms with Gasteiger partial charge in [0.1, 0.15) is 0 Å². The summed E-state index contributed by atoms with van der Waals surface area (Å²) < 4.78 is 0. The Bertz CT molecular complexity index is 659. The molecule has 3 N–H and O–H groups in total. The molecule has 0 unspecified atom stereocenters. The van der Waals surface area contributed by atoms with Gasteiger partial charge in [0.25, 0.3) is 5.91 Å². The first-order valence-corrected chi connectivity index (χ1v) is 7.38. The normalized spacial score (nSPS) is 22.5. The monoisotopic (exact) mass is 316 g/mol. The second-order valence-electron chi connectivity index (χ2n) is 5.75. The minimum absolute atomic E-state index is 0. The standard InChI is InChI=1S/C18H20N2O.ClH/c1-2-18(19)12-15(18)14-10-6-7-11-16(14)20-17(21)13-8-4-3-5-9-13;/h3-11,15H,2,12,19H2,1H3,(H,20,21);1H/t15-,18-;/m0./s1. The lowest BCUT2D eigenvalue weighted by Crippen LogP contribution is -2.23. The van der Waals surface area contributed by atoms with Crippen molar-refractivity contribution in [2.24, 2.45) is 5.73 Å². The number of carbonyl (C=O) groups is 1. The van der Waals surface area contributed by atoms with Crippen LogP contribution in [0.15, 0.2) is 54.6 Å². The maximum absolute atomic E-state index is 12.3. The highest BCUT2D eigenvalue weighted by molar-refractivity contribution is 6.04. The average Bonchev–Trinajstić information content (AvgIpc) is 3.21. The van der Waals surface area contributed by atoms with Gasteiger partial charge in [-0.1, -0.05) is 43.3 Å². The van der Waals surface area contributed by atoms with E-state index in [0.717, 1.165) is 24.1 Å². The number of carbonyl (C=O) groups excluding carboxylic acids is 1. The second kappa shape index (κ2) is 6.51. The number of amides is 1. The van der Waals surface area contributed by atoms with Crippen LogP contribution >= 0.6 is 12.4 Å². The average molecular weight is 317 g/mol. The number of nitrogens with two attached hydrogens (primary N) is 1. The lowest BCUT2D eigenvalue weighted by molar-refractivity contribution is 0.102. The quantitative estimate of drug-likeness (QED) is 0.897. The molecule has 3 nitrogen and oxygen atoms in total. The number of hydrogen-bond acceptors (Lipinski definition) is 2. The maximum Gasteiger partial charge on any atom is 0.255 e. The first kappa shape index (κ1) is 16.5. The molecule has 116 valence electrons. The van der Waals surface area contributed by atoms with Gasteiger partial charge >= 0.3 is 0 Å². The third-order valence-corrected chi connectivity index (χ3v) is 4.40. The van der Waals surface area contributed by atoms with Crippen molar-refractivity contribution in [3.05, 3.63) is 65.7 Å². The van der Waals surface area contributed by atoms with Gasteiger partial charge in [0.05, 0.1) is 0 Å². The molecule has 1 aliphatic rings. The molecule has 1 saturated carbocycles. The van der Waals surface area contributed by atoms with Crippen molar-refractivity contribution in [1.82, 2.24) is 0 Å². The number of nitrogens with one attached hydrogen (secondary N) is 1. The molecule has 0 bridgehead atoms. The van der Waals surface area contributed by atoms with Gasteiger partial charge in [0.2, 0.25) is 0 Å². The van der Waals surface area contributed by atoms with E-state index >= 15 is 0 Å². The smallest absolute Gasteiger partial charge is 0.255 e. The molecule has 2 aromatic carbocycles. The van der Waals surface area contributed by atoms with Crippen LogP contribution in [0.1, 0.15) is 41.6 Å². The van der Waals surface area contributed by atoms with Gasteiger partial charge in [-0.2, -0.15) is 0 Å². The van der Waals surface area contributed by atoms with Crippen LogP contribution in [0, 0.1) is 0 Å². The van der Waals surface area contributed by atoms with E-state index in [0.29, 0.717) is 11.5 Å². The minimum atomic E-state index is -0.104. The van der Waals surface area contributed by atoms with E-state index in [2.05, 4.69) is 18.3 Å². The first-order valence-electron chi connectivity index (χ1n) is 7.38. The van der Waals surface area contributed by atoms with Crippen molar-refractivity contribution in [2.45, 2.75) is 31.2 Å². The summed E-state index contributed by atoms with van der Waals surface area (Å²) in [6, 6.07) is 17.2. The van der Waals surface area contributed by atoms with Crippen molar-refractivity contribution in [1.29, 1.82) is 0 Å². The first-order chi connectivity index (χ1) is 10.1. The van der Waals surface area contributed by atoms with Gasteiger partial charge in [-0.15, -0.1) is 12.4 Å². The molecule has 2 aromatic rings. The Balaban J connectivity index is 0.00000176. The van der Waals surface area contributed by atoms with Crippen LogP contribution in [0.3, 0.4) is 0 Å². The maximum atomic E-state index is 12.3. The topological polar surface area (TPSA) is 55.1 Å². The fourth-order valence-corrected chi connectivity index (χ4v) is 2.83. The number of benzene rings is 2. The van der Waals surface area contributed by atoms with Crippen LogP contribution in [-0.2, 0) is 0 Å². The zero-order chi connectivity index (χ0) is 14.9. The zero-order valence-electron chi connectivity index (χ0n) is 12.6. The third-order valence-electron chi connectivity index (χ3n) is 4.40. The number of hydrogen-bond donors (Lipinski definition) is 2. The van der Waals surface area contributed by atoms with E-state index in [1.165, 1.54) is 0 Å². The van der Waals surface area contributed by atoms with E-state index in [1.54, 1.807) is 0 Å². The molecule has 3 rings (SSSR count). The number of para-hydroxylation sites is 1. The number of halogens is 1. The van der Waals surface area contributed by atoms with Gasteiger partial charge in [0, 0.05) is 22.7 Å². The third kappa shape index (κ3) is 3.16. The molecule has 0 aromatic heterocycles. The number of rotatable bonds is 4. The summed E-state index contributed by atoms with van der Waals surface area (Å²) in [4.78, 5) is 12.3. The predicted molar refractivity (Wildman–Crippen MR) is 92.7 cm³/mol. The largest absolute Gasteiger partial charge is 0.325 e. The Morgan fingerprint density at radius 3 is 2.45 bits per heavy atom. The Morgan fingerprint density at radius 2 is 1.82 bits per heavy atom. The molecule has 1 aliphatic carbocycles. The van der Waals surface area contributed by atoms with Crippen LogP contribution in [0.25, 0.3) is 0 Å². The van der Waals surface area contributed by atoms with Crippen molar-refractivity contribution in [3.8, 4) is 0 Å². The minimum Gasteiger partial charge on any atom is -0.325 e. The molecule has 0 aliphatic heterocycles. The summed E-state index contributed by atoms with van der Waals surface area (Å²) in [6.07, 6.45) is 1.94. The summed E-state index contributed by atoms with van der Waals surface area (Å²) in [5.74, 6) is 0.262. The van der Waals surface area contributed by atoms with E-state index in [-0.39, 0.29) is 23.9 Å². The van der Waals surface area contributed by atoms with Gasteiger partial charge < -0.3 is 11.1 Å². The van der Waals surface area contributed by atoms with Crippen LogP contribution < -0.4 is 11.1 Å². The molecule has 1 amide bonds. The molecule has 2 atom stereocenters. The van der Waals surface area contributed by atoms with Gasteiger partial charge in [-0.25, -0.2) is 0 Å². The summed E-state index contributed by atoms with van der Waals surface area (Å²) in [6.45, 7) is 2.12. The Morgan fingerprint density at radius 1 is 1.18 bits per heavy atom. The molecule has 1 fully saturated rings. The van der Waals surface area contributed by atoms with Gasteiger partial charge in [-0.05, 0) is 36.6 Å². The summed E-state index contributed by atoms with van der Waals surface area (Å²) >= 11 is 0. The molecule has 0 radical (unpaired) electrons. The number of anilines is 1. The molecular formula is C18H21ClN2O. The van der Waals surface area contributed by atoms with Crippen LogP contribution in [0.5, 0.6) is 0 Å². The SMILES string of the molecule is CC[C@]1(N)C[C@H]1c1ccccc1NC(=O)c1ccccc1.Cl. The Hall–Kier alpha value is -1.84. The highest BCUT2D eigenvalue weighted by Crippen LogP contribution is 2.53. The Kier molecular flexibility index (Phi) is 4.89. The zero-order valence-corrected chi connectivity index (χ0v) is 13.4. The highest BCUT2D eigenvalue weighted by Gasteiger charge is 2.50. The fourth-order valence-electron chi connectivity index (χ4n) is 2.83. The summed E-state index contributed by atoms with van der Waals surface area (Å²) in [5.41, 5.74) is 8.90. The van der Waals surface area contributed by atoms with E-state index < -0.39 is 0 Å². The molecule has 0 spiro atoms. The van der Waals surface area contributed by atoms with E-state index in [9.17, 15) is 4.79 Å².